The largest absolute Gasteiger partial charge is 0.455 e. The van der Waals surface area contributed by atoms with Crippen LogP contribution in [0, 0.1) is 0 Å². The SMILES string of the molecule is CC(=O)O[C@@H]1[C@@H](OC(C)=O)[C@H](Br)O[C@H](C(O)OCCOCCOCCOC(O)[C@H]2O[C@@H](Br)[C@H](OC(C)=O)[C@@H](OC(C)=O)[C@@H]2OC(C)=O)[C@H]1OC(C)=O. The third-order valence-electron chi connectivity index (χ3n) is 6.81. The topological polar surface area (TPSA) is 254 Å². The van der Waals surface area contributed by atoms with Crippen LogP contribution in [-0.2, 0) is 85.6 Å². The number of aliphatic hydroxyl groups excluding tert-OH is 2. The fourth-order valence-electron chi connectivity index (χ4n) is 5.01. The van der Waals surface area contributed by atoms with Crippen molar-refractivity contribution in [3.05, 3.63) is 0 Å². The zero-order chi connectivity index (χ0) is 39.1. The second-order valence-electron chi connectivity index (χ2n) is 11.1. The summed E-state index contributed by atoms with van der Waals surface area (Å²) >= 11 is 6.38. The summed E-state index contributed by atoms with van der Waals surface area (Å²) in [5, 5.41) is 19.3. The van der Waals surface area contributed by atoms with Crippen molar-refractivity contribution in [1.29, 1.82) is 0 Å². The molecule has 12 atom stereocenters. The van der Waals surface area contributed by atoms with Crippen molar-refractivity contribution >= 4 is 67.7 Å². The molecular weight excluding hydrogens is 840 g/mol. The minimum Gasteiger partial charge on any atom is -0.455 e. The van der Waals surface area contributed by atoms with Gasteiger partial charge in [-0.25, -0.2) is 0 Å². The maximum Gasteiger partial charge on any atom is 0.303 e. The molecule has 20 nitrogen and oxygen atoms in total. The lowest BCUT2D eigenvalue weighted by atomic mass is 9.98. The van der Waals surface area contributed by atoms with Gasteiger partial charge >= 0.3 is 35.8 Å². The molecule has 0 amide bonds. The molecule has 52 heavy (non-hydrogen) atoms. The summed E-state index contributed by atoms with van der Waals surface area (Å²) in [6, 6.07) is 0. The highest BCUT2D eigenvalue weighted by Crippen LogP contribution is 2.34. The Bertz CT molecular complexity index is 1120. The van der Waals surface area contributed by atoms with Crippen molar-refractivity contribution in [1.82, 2.24) is 0 Å². The molecule has 0 radical (unpaired) electrons. The smallest absolute Gasteiger partial charge is 0.303 e. The molecule has 22 heteroatoms. The lowest BCUT2D eigenvalue weighted by molar-refractivity contribution is -0.277. The normalized spacial score (nSPS) is 29.9. The van der Waals surface area contributed by atoms with Crippen molar-refractivity contribution in [2.24, 2.45) is 0 Å². The first-order valence-corrected chi connectivity index (χ1v) is 17.6. The highest BCUT2D eigenvalue weighted by Gasteiger charge is 2.54. The van der Waals surface area contributed by atoms with Crippen LogP contribution >= 0.6 is 31.9 Å². The molecule has 0 spiro atoms. The van der Waals surface area contributed by atoms with E-state index in [2.05, 4.69) is 31.9 Å². The maximum absolute atomic E-state index is 11.8. The molecule has 2 heterocycles. The van der Waals surface area contributed by atoms with E-state index in [1.165, 1.54) is 0 Å². The Morgan fingerprint density at radius 2 is 0.712 bits per heavy atom. The number of aliphatic hydroxyl groups is 2. The van der Waals surface area contributed by atoms with Gasteiger partial charge in [0.05, 0.1) is 39.6 Å². The van der Waals surface area contributed by atoms with Crippen molar-refractivity contribution in [2.75, 3.05) is 39.6 Å². The summed E-state index contributed by atoms with van der Waals surface area (Å²) in [5.74, 6) is -4.55. The first kappa shape index (κ1) is 45.6. The lowest BCUT2D eigenvalue weighted by Crippen LogP contribution is -2.62. The van der Waals surface area contributed by atoms with Crippen LogP contribution in [0.25, 0.3) is 0 Å². The van der Waals surface area contributed by atoms with Crippen molar-refractivity contribution in [3.8, 4) is 0 Å². The van der Waals surface area contributed by atoms with Crippen LogP contribution < -0.4 is 0 Å². The third kappa shape index (κ3) is 15.1. The number of carbonyl (C=O) groups excluding carboxylic acids is 6. The van der Waals surface area contributed by atoms with Crippen LogP contribution in [-0.4, -0.2) is 157 Å². The molecule has 2 saturated heterocycles. The second-order valence-corrected chi connectivity index (χ2v) is 12.9. The first-order chi connectivity index (χ1) is 24.4. The van der Waals surface area contributed by atoms with E-state index in [9.17, 15) is 39.0 Å². The van der Waals surface area contributed by atoms with Crippen LogP contribution in [0.4, 0.5) is 0 Å². The second kappa shape index (κ2) is 22.6. The molecule has 2 fully saturated rings. The van der Waals surface area contributed by atoms with Crippen molar-refractivity contribution < 1.29 is 95.8 Å². The number of halogens is 2. The molecule has 0 aromatic carbocycles. The van der Waals surface area contributed by atoms with Gasteiger partial charge in [-0.05, 0) is 0 Å². The average Bonchev–Trinajstić information content (AvgIpc) is 3.02. The molecule has 0 aromatic heterocycles. The minimum absolute atomic E-state index is 0.0239. The van der Waals surface area contributed by atoms with Crippen molar-refractivity contribution in [2.45, 2.75) is 113 Å². The lowest BCUT2D eigenvalue weighted by Gasteiger charge is -2.44. The summed E-state index contributed by atoms with van der Waals surface area (Å²) in [6.07, 6.45) is -14.1. The number of hydrogen-bond donors (Lipinski definition) is 2. The van der Waals surface area contributed by atoms with Crippen LogP contribution in [0.5, 0.6) is 0 Å². The maximum atomic E-state index is 11.8. The molecule has 0 aromatic rings. The fourth-order valence-corrected chi connectivity index (χ4v) is 6.33. The molecule has 2 aliphatic heterocycles. The summed E-state index contributed by atoms with van der Waals surface area (Å²) in [7, 11) is 0. The summed E-state index contributed by atoms with van der Waals surface area (Å²) in [6.45, 7) is 6.44. The number of rotatable bonds is 19. The predicted octanol–water partition coefficient (Wildman–Crippen LogP) is -0.481. The summed E-state index contributed by atoms with van der Waals surface area (Å²) in [4.78, 5) is 70.5. The molecule has 0 bridgehead atoms. The molecule has 2 aliphatic rings. The van der Waals surface area contributed by atoms with E-state index in [-0.39, 0.29) is 39.6 Å². The van der Waals surface area contributed by atoms with E-state index < -0.39 is 107 Å². The third-order valence-corrected chi connectivity index (χ3v) is 8.29. The predicted molar refractivity (Wildman–Crippen MR) is 174 cm³/mol. The van der Waals surface area contributed by atoms with Crippen LogP contribution in [0.1, 0.15) is 41.5 Å². The molecule has 0 saturated carbocycles. The number of ether oxygens (including phenoxy) is 12. The highest BCUT2D eigenvalue weighted by atomic mass is 79.9. The average molecular weight is 884 g/mol. The van der Waals surface area contributed by atoms with Gasteiger partial charge < -0.3 is 67.1 Å². The Labute approximate surface area is 315 Å². The van der Waals surface area contributed by atoms with Gasteiger partial charge in [-0.15, -0.1) is 0 Å². The summed E-state index contributed by atoms with van der Waals surface area (Å²) < 4.78 is 64.5. The van der Waals surface area contributed by atoms with Gasteiger partial charge in [-0.3, -0.25) is 28.8 Å². The van der Waals surface area contributed by atoms with E-state index in [0.29, 0.717) is 0 Å². The van der Waals surface area contributed by atoms with E-state index in [4.69, 9.17) is 56.8 Å². The number of hydrogen-bond acceptors (Lipinski definition) is 20. The van der Waals surface area contributed by atoms with Gasteiger partial charge in [0, 0.05) is 41.5 Å². The Balaban J connectivity index is 1.81. The Morgan fingerprint density at radius 3 is 1.00 bits per heavy atom. The zero-order valence-electron chi connectivity index (χ0n) is 29.2. The van der Waals surface area contributed by atoms with Gasteiger partial charge in [0.15, 0.2) is 71.4 Å². The Morgan fingerprint density at radius 1 is 0.462 bits per heavy atom. The van der Waals surface area contributed by atoms with E-state index in [1.54, 1.807) is 0 Å². The number of alkyl halides is 2. The van der Waals surface area contributed by atoms with Gasteiger partial charge in [0.1, 0.15) is 0 Å². The molecule has 0 aliphatic carbocycles. The van der Waals surface area contributed by atoms with Gasteiger partial charge in [0.25, 0.3) is 0 Å². The molecule has 2 N–H and O–H groups in total. The van der Waals surface area contributed by atoms with E-state index in [1.807, 2.05) is 0 Å². The minimum atomic E-state index is -1.70. The van der Waals surface area contributed by atoms with Crippen LogP contribution in [0.15, 0.2) is 0 Å². The van der Waals surface area contributed by atoms with E-state index in [0.717, 1.165) is 41.5 Å². The fraction of sp³-hybridized carbons (Fsp3) is 0.800. The first-order valence-electron chi connectivity index (χ1n) is 15.8. The van der Waals surface area contributed by atoms with Gasteiger partial charge in [-0.1, -0.05) is 31.9 Å². The van der Waals surface area contributed by atoms with Gasteiger partial charge in [0.2, 0.25) is 0 Å². The monoisotopic (exact) mass is 882 g/mol. The summed E-state index contributed by atoms with van der Waals surface area (Å²) in [5.41, 5.74) is 0. The molecule has 2 rings (SSSR count). The van der Waals surface area contributed by atoms with E-state index >= 15 is 0 Å². The quantitative estimate of drug-likeness (QED) is 0.0546. The number of esters is 6. The molecule has 298 valence electrons. The van der Waals surface area contributed by atoms with Crippen LogP contribution in [0.3, 0.4) is 0 Å². The Kier molecular flexibility index (Phi) is 19.8. The highest BCUT2D eigenvalue weighted by molar-refractivity contribution is 9.09. The zero-order valence-corrected chi connectivity index (χ0v) is 32.3. The molecular formula is C30H44Br2O20. The Hall–Kier alpha value is -2.54. The van der Waals surface area contributed by atoms with Crippen LogP contribution in [0.2, 0.25) is 0 Å². The van der Waals surface area contributed by atoms with Crippen molar-refractivity contribution in [3.63, 3.8) is 0 Å². The van der Waals surface area contributed by atoms with Gasteiger partial charge in [-0.2, -0.15) is 0 Å². The number of carbonyl (C=O) groups is 6. The molecule has 2 unspecified atom stereocenters. The standard InChI is InChI=1S/C30H44Br2O20/c1-13(33)45-19-21(47-15(3)35)25(51-27(31)23(19)49-17(5)37)29(39)43-11-9-41-7-8-42-10-12-44-30(40)26-22(48-16(4)36)20(46-14(2)34)24(28(32)52-26)50-18(6)38/h19-30,39-40H,7-12H2,1-6H3/t19-,20-,21-,22-,23+,24+,25-,26-,27+,28+,29?,30?/m0/s1.